The molecule has 0 aliphatic rings. The van der Waals surface area contributed by atoms with Crippen molar-refractivity contribution in [2.75, 3.05) is 0 Å². The van der Waals surface area contributed by atoms with Crippen LogP contribution in [0.3, 0.4) is 0 Å². The topological polar surface area (TPSA) is 0 Å². The average molecular weight is 2050 g/mol. The van der Waals surface area contributed by atoms with Crippen molar-refractivity contribution in [3.63, 3.8) is 0 Å². The Balaban J connectivity index is 1.44. The molecule has 9 aromatic carbocycles. The van der Waals surface area contributed by atoms with Gasteiger partial charge in [-0.2, -0.15) is 0 Å². The molecule has 0 aliphatic heterocycles. The first-order chi connectivity index (χ1) is 69.2. The van der Waals surface area contributed by atoms with Crippen molar-refractivity contribution in [1.29, 1.82) is 0 Å². The van der Waals surface area contributed by atoms with Gasteiger partial charge in [-0.3, -0.25) is 0 Å². The first-order valence-corrected chi connectivity index (χ1v) is 64.8. The van der Waals surface area contributed by atoms with Crippen LogP contribution in [0.1, 0.15) is 444 Å². The molecule has 4 heteroatoms. The summed E-state index contributed by atoms with van der Waals surface area (Å²) in [5.41, 5.74) is 49.4. The second-order valence-electron chi connectivity index (χ2n) is 54.8. The van der Waals surface area contributed by atoms with Crippen LogP contribution in [0.5, 0.6) is 0 Å². The summed E-state index contributed by atoms with van der Waals surface area (Å²) >= 11 is 0. The molecule has 0 spiro atoms. The highest BCUT2D eigenvalue weighted by atomic mass is 28.3. The zero-order chi connectivity index (χ0) is 112. The number of hydrogen-bond acceptors (Lipinski definition) is 0. The standard InChI is InChI=1S/C146H182Si4/c1-99(2)147(100(3)4,101(5)6)77-73-123-83-119(127-87-131(139(25,26)27)95-132(88-127)140(28,29)30)69-65-111(123)57-49-53-61-115-81-117(63-55-51-59-113-67-71-121(85-125(113)75-79-149(105(13)14,106(15)16)107(17)18)129-91-135(143(37,38)39)97-136(92-129)144(40,41)42)118(64-56-52-60-114-68-72-122(86-126(114)76-80-150(108(19)20,109(21)22)110(23)24)130-93-137(145(43,44)45)98-138(94-130)146(46,47)48)82-116(115)62-54-50-58-112-66-70-120(84-124(112)74-78-148(102(7)8,103(9)10)104(11)12)128-89-133(141(31,32)33)96-134(90-128)142(34,35)36/h65-72,81-110H,1-48H3. The lowest BCUT2D eigenvalue weighted by molar-refractivity contribution is 0.568. The molecule has 782 valence electrons. The fraction of sp³-hybridized carbons (Fsp3) is 0.466. The van der Waals surface area contributed by atoms with Crippen molar-refractivity contribution in [2.45, 2.75) is 442 Å². The monoisotopic (exact) mass is 2050 g/mol. The van der Waals surface area contributed by atoms with E-state index in [1.807, 2.05) is 12.1 Å². The van der Waals surface area contributed by atoms with E-state index in [1.165, 1.54) is 44.5 Å². The lowest BCUT2D eigenvalue weighted by Crippen LogP contribution is -2.43. The van der Waals surface area contributed by atoms with E-state index in [4.69, 9.17) is 0 Å². The van der Waals surface area contributed by atoms with Crippen LogP contribution in [0.25, 0.3) is 44.5 Å². The van der Waals surface area contributed by atoms with Gasteiger partial charge in [-0.05, 0) is 307 Å². The maximum absolute atomic E-state index is 4.10. The minimum absolute atomic E-state index is 0.0809. The maximum atomic E-state index is 4.10. The molecular formula is C146H182Si4. The molecular weight excluding hydrogens is 1870 g/mol. The third kappa shape index (κ3) is 29.3. The molecule has 0 saturated carbocycles. The zero-order valence-electron chi connectivity index (χ0n) is 102. The molecule has 0 saturated heterocycles. The van der Waals surface area contributed by atoms with E-state index in [-0.39, 0.29) is 43.3 Å². The van der Waals surface area contributed by atoms with Gasteiger partial charge < -0.3 is 0 Å². The van der Waals surface area contributed by atoms with Gasteiger partial charge in [0.05, 0.1) is 0 Å². The van der Waals surface area contributed by atoms with Gasteiger partial charge in [0, 0.05) is 66.8 Å². The van der Waals surface area contributed by atoms with E-state index in [1.54, 1.807) is 0 Å². The normalized spacial score (nSPS) is 12.3. The smallest absolute Gasteiger partial charge is 0.125 e. The minimum Gasteiger partial charge on any atom is -0.125 e. The van der Waals surface area contributed by atoms with E-state index >= 15 is 0 Å². The van der Waals surface area contributed by atoms with Gasteiger partial charge in [-0.1, -0.05) is 500 Å². The van der Waals surface area contributed by atoms with Gasteiger partial charge in [0.25, 0.3) is 0 Å². The molecule has 0 aromatic heterocycles. The SMILES string of the molecule is CC(C)[Si](C#Cc1cc(-c2cc(C(C)(C)C)cc(C(C)(C)C)c2)ccc1C#CC#Cc1cc(C#CC#Cc2ccc(-c3cc(C(C)(C)C)cc(C(C)(C)C)c3)cc2C#C[Si](C(C)C)(C(C)C)C(C)C)c(C#CC#Cc2ccc(-c3cc(C(C)(C)C)cc(C(C)(C)C)c3)cc2C#C[Si](C(C)C)(C(C)C)C(C)C)cc1C#CC#Cc1ccc(-c2cc(C(C)(C)C)cc(C(C)(C)C)c2)cc1C#C[Si](C(C)C)(C(C)C)C(C)C)(C(C)C)C(C)C. The summed E-state index contributed by atoms with van der Waals surface area (Å²) in [5.74, 6) is 71.6. The lowest BCUT2D eigenvalue weighted by atomic mass is 9.79. The highest BCUT2D eigenvalue weighted by molar-refractivity contribution is 6.92. The van der Waals surface area contributed by atoms with Crippen LogP contribution in [-0.2, 0) is 43.3 Å². The van der Waals surface area contributed by atoms with Crippen LogP contribution in [0.15, 0.2) is 158 Å². The summed E-state index contributed by atoms with van der Waals surface area (Å²) < 4.78 is 0. The van der Waals surface area contributed by atoms with Gasteiger partial charge in [-0.15, -0.1) is 22.2 Å². The van der Waals surface area contributed by atoms with Gasteiger partial charge in [-0.25, -0.2) is 0 Å². The van der Waals surface area contributed by atoms with Gasteiger partial charge in [0.1, 0.15) is 32.3 Å². The number of rotatable bonds is 16. The van der Waals surface area contributed by atoms with Crippen LogP contribution in [0.2, 0.25) is 66.5 Å². The Morgan fingerprint density at radius 1 is 0.133 bits per heavy atom. The van der Waals surface area contributed by atoms with Crippen molar-refractivity contribution < 1.29 is 0 Å². The average Bonchev–Trinajstić information content (AvgIpc) is 0.782. The highest BCUT2D eigenvalue weighted by Crippen LogP contribution is 2.48. The fourth-order valence-corrected chi connectivity index (χ4v) is 43.5. The Morgan fingerprint density at radius 3 is 0.373 bits per heavy atom. The van der Waals surface area contributed by atoms with Crippen LogP contribution < -0.4 is 0 Å². The molecule has 0 aliphatic carbocycles. The van der Waals surface area contributed by atoms with Crippen molar-refractivity contribution in [3.8, 4) is 185 Å². The third-order valence-corrected chi connectivity index (χ3v) is 57.3. The van der Waals surface area contributed by atoms with Gasteiger partial charge in [0.15, 0.2) is 0 Å². The van der Waals surface area contributed by atoms with Gasteiger partial charge >= 0.3 is 0 Å². The first kappa shape index (κ1) is 122. The summed E-state index contributed by atoms with van der Waals surface area (Å²) in [6.07, 6.45) is 0. The van der Waals surface area contributed by atoms with Crippen molar-refractivity contribution in [1.82, 2.24) is 0 Å². The molecule has 0 amide bonds. The van der Waals surface area contributed by atoms with Crippen LogP contribution in [0, 0.1) is 141 Å². The molecule has 0 bridgehead atoms. The van der Waals surface area contributed by atoms with E-state index < -0.39 is 32.3 Å². The molecule has 9 aromatic rings. The third-order valence-electron chi connectivity index (χ3n) is 32.2. The Labute approximate surface area is 921 Å². The fourth-order valence-electron chi connectivity index (χ4n) is 22.6. The minimum atomic E-state index is -2.25. The molecule has 150 heavy (non-hydrogen) atoms. The van der Waals surface area contributed by atoms with Crippen molar-refractivity contribution in [2.24, 2.45) is 0 Å². The molecule has 0 radical (unpaired) electrons. The molecule has 0 unspecified atom stereocenters. The Kier molecular flexibility index (Phi) is 39.3. The molecule has 0 N–H and O–H groups in total. The first-order valence-electron chi connectivity index (χ1n) is 55.9. The lowest BCUT2D eigenvalue weighted by Gasteiger charge is -2.38. The molecule has 9 rings (SSSR count). The van der Waals surface area contributed by atoms with Crippen molar-refractivity contribution >= 4 is 32.3 Å². The maximum Gasteiger partial charge on any atom is 0.146 e. The summed E-state index contributed by atoms with van der Waals surface area (Å²) in [6, 6.07) is 59.1. The molecule has 0 heterocycles. The molecule has 0 atom stereocenters. The predicted octanol–water partition coefficient (Wildman–Crippen LogP) is 38.6. The van der Waals surface area contributed by atoms with Gasteiger partial charge in [0.2, 0.25) is 0 Å². The highest BCUT2D eigenvalue weighted by Gasteiger charge is 2.46. The Hall–Kier alpha value is -11.4. The zero-order valence-corrected chi connectivity index (χ0v) is 106. The predicted molar refractivity (Wildman–Crippen MR) is 670 cm³/mol. The second kappa shape index (κ2) is 48.3. The van der Waals surface area contributed by atoms with E-state index in [0.717, 1.165) is 89.0 Å². The summed E-state index contributed by atoms with van der Waals surface area (Å²) in [4.78, 5) is 0. The number of hydrogen-bond donors (Lipinski definition) is 0. The quantitative estimate of drug-likeness (QED) is 0.0668. The molecule has 0 nitrogen and oxygen atoms in total. The summed E-state index contributed by atoms with van der Waals surface area (Å²) in [5, 5.41) is 0. The summed E-state index contributed by atoms with van der Waals surface area (Å²) in [6.45, 7) is 112. The van der Waals surface area contributed by atoms with E-state index in [2.05, 4.69) is 619 Å². The number of benzene rings is 9. The van der Waals surface area contributed by atoms with E-state index in [9.17, 15) is 0 Å². The van der Waals surface area contributed by atoms with Crippen LogP contribution >= 0.6 is 0 Å². The Bertz CT molecular complexity index is 6250. The van der Waals surface area contributed by atoms with Crippen LogP contribution in [0.4, 0.5) is 0 Å². The van der Waals surface area contributed by atoms with Crippen molar-refractivity contribution in [3.05, 3.63) is 269 Å². The second-order valence-corrected chi connectivity index (χ2v) is 77.1. The van der Waals surface area contributed by atoms with E-state index in [0.29, 0.717) is 88.7 Å². The largest absolute Gasteiger partial charge is 0.146 e. The Morgan fingerprint density at radius 2 is 0.253 bits per heavy atom. The summed E-state index contributed by atoms with van der Waals surface area (Å²) in [7, 11) is -8.98. The van der Waals surface area contributed by atoms with Crippen LogP contribution in [-0.4, -0.2) is 32.3 Å². The molecule has 0 fully saturated rings.